The van der Waals surface area contributed by atoms with Gasteiger partial charge < -0.3 is 23.7 Å². The maximum absolute atomic E-state index is 13.7. The van der Waals surface area contributed by atoms with E-state index in [4.69, 9.17) is 14.2 Å². The fourth-order valence-corrected chi connectivity index (χ4v) is 6.06. The van der Waals surface area contributed by atoms with Crippen LogP contribution >= 0.6 is 11.3 Å². The van der Waals surface area contributed by atoms with Crippen molar-refractivity contribution in [1.82, 2.24) is 9.47 Å². The van der Waals surface area contributed by atoms with Crippen molar-refractivity contribution in [1.29, 1.82) is 0 Å². The number of hydrogen-bond acceptors (Lipinski definition) is 6. The van der Waals surface area contributed by atoms with Crippen molar-refractivity contribution < 1.29 is 37.0 Å². The van der Waals surface area contributed by atoms with Crippen molar-refractivity contribution >= 4 is 23.3 Å². The Bertz CT molecular complexity index is 1360. The molecule has 2 fully saturated rings. The maximum atomic E-state index is 13.7. The number of ether oxygens (including phenoxy) is 3. The highest BCUT2D eigenvalue weighted by Crippen LogP contribution is 2.34. The number of thiazole rings is 1. The van der Waals surface area contributed by atoms with E-state index in [2.05, 4.69) is 25.8 Å². The molecule has 2 aliphatic rings. The minimum absolute atomic E-state index is 0.0142. The molecule has 2 aliphatic heterocycles. The monoisotopic (exact) mass is 625 g/mol. The zero-order valence-electron chi connectivity index (χ0n) is 25.8. The molecule has 0 aliphatic carbocycles. The molecule has 0 spiro atoms. The summed E-state index contributed by atoms with van der Waals surface area (Å²) in [6, 6.07) is 2.88. The van der Waals surface area contributed by atoms with Crippen LogP contribution in [0.1, 0.15) is 88.0 Å². The standard InChI is InChI=1S/C31H42F3N3O5S/c1-29(2,3)25-18-37(17-22-10-8-14-40-22)27(43-25)35-26(38)23-15-21(31(32,33)34)11-12-24(23)41-19-20-9-7-13-36(16-20)28(39)42-30(4,5)6/h11-12,15,18,20,22H,7-10,13-14,16-17,19H2,1-6H3/t20-,22+/m0/s1. The van der Waals surface area contributed by atoms with Gasteiger partial charge in [0.25, 0.3) is 5.91 Å². The van der Waals surface area contributed by atoms with Gasteiger partial charge in [0, 0.05) is 36.7 Å². The van der Waals surface area contributed by atoms with Gasteiger partial charge in [-0.3, -0.25) is 4.79 Å². The minimum Gasteiger partial charge on any atom is -0.492 e. The van der Waals surface area contributed by atoms with Crippen molar-refractivity contribution in [3.8, 4) is 5.75 Å². The Balaban J connectivity index is 1.60. The van der Waals surface area contributed by atoms with Crippen molar-refractivity contribution in [3.05, 3.63) is 45.2 Å². The summed E-state index contributed by atoms with van der Waals surface area (Å²) < 4.78 is 60.2. The third-order valence-corrected chi connectivity index (χ3v) is 8.71. The van der Waals surface area contributed by atoms with Crippen LogP contribution in [0.25, 0.3) is 0 Å². The number of alkyl halides is 3. The first-order valence-electron chi connectivity index (χ1n) is 14.7. The van der Waals surface area contributed by atoms with Gasteiger partial charge in [-0.25, -0.2) is 4.79 Å². The van der Waals surface area contributed by atoms with Crippen molar-refractivity contribution in [2.75, 3.05) is 26.3 Å². The Morgan fingerprint density at radius 1 is 1.09 bits per heavy atom. The summed E-state index contributed by atoms with van der Waals surface area (Å²) in [7, 11) is 0. The van der Waals surface area contributed by atoms with Crippen molar-refractivity contribution in [2.24, 2.45) is 10.9 Å². The SMILES string of the molecule is CC(C)(C)OC(=O)N1CCC[C@H](COc2ccc(C(F)(F)F)cc2C(=O)N=c2sc(C(C)(C)C)cn2C[C@H]2CCCO2)C1. The smallest absolute Gasteiger partial charge is 0.416 e. The number of piperidine rings is 1. The molecule has 0 saturated carbocycles. The Morgan fingerprint density at radius 2 is 1.84 bits per heavy atom. The molecule has 12 heteroatoms. The highest BCUT2D eigenvalue weighted by atomic mass is 32.1. The zero-order chi connectivity index (χ0) is 31.6. The van der Waals surface area contributed by atoms with Crippen LogP contribution < -0.4 is 9.54 Å². The second kappa shape index (κ2) is 13.0. The quantitative estimate of drug-likeness (QED) is 0.352. The fourth-order valence-electron chi connectivity index (χ4n) is 5.00. The predicted octanol–water partition coefficient (Wildman–Crippen LogP) is 6.81. The highest BCUT2D eigenvalue weighted by molar-refractivity contribution is 7.09. The molecule has 1 aromatic heterocycles. The van der Waals surface area contributed by atoms with Gasteiger partial charge in [-0.15, -0.1) is 11.3 Å². The summed E-state index contributed by atoms with van der Waals surface area (Å²) in [5.41, 5.74) is -2.06. The maximum Gasteiger partial charge on any atom is 0.416 e. The fraction of sp³-hybridized carbons (Fsp3) is 0.645. The second-order valence-electron chi connectivity index (χ2n) is 13.3. The van der Waals surface area contributed by atoms with Crippen molar-refractivity contribution in [2.45, 2.75) is 97.1 Å². The number of nitrogens with zero attached hydrogens (tertiary/aromatic N) is 3. The third-order valence-electron chi connectivity index (χ3n) is 7.26. The number of halogens is 3. The van der Waals surface area contributed by atoms with E-state index in [1.54, 1.807) is 25.7 Å². The molecule has 2 saturated heterocycles. The van der Waals surface area contributed by atoms with Crippen LogP contribution in [0.3, 0.4) is 0 Å². The van der Waals surface area contributed by atoms with E-state index < -0.39 is 29.3 Å². The molecule has 2 aromatic rings. The molecule has 238 valence electrons. The van der Waals surface area contributed by atoms with Crippen LogP contribution in [-0.4, -0.2) is 59.5 Å². The number of amides is 2. The molecule has 1 aromatic carbocycles. The van der Waals surface area contributed by atoms with Gasteiger partial charge in [-0.1, -0.05) is 20.8 Å². The van der Waals surface area contributed by atoms with Crippen LogP contribution in [0.5, 0.6) is 5.75 Å². The number of hydrogen-bond donors (Lipinski definition) is 0. The summed E-state index contributed by atoms with van der Waals surface area (Å²) >= 11 is 1.34. The van der Waals surface area contributed by atoms with E-state index in [9.17, 15) is 22.8 Å². The van der Waals surface area contributed by atoms with Crippen LogP contribution in [0.4, 0.5) is 18.0 Å². The Labute approximate surface area is 254 Å². The van der Waals surface area contributed by atoms with E-state index >= 15 is 0 Å². The lowest BCUT2D eigenvalue weighted by atomic mass is 9.95. The summed E-state index contributed by atoms with van der Waals surface area (Å²) in [4.78, 5) is 33.5. The van der Waals surface area contributed by atoms with Gasteiger partial charge in [0.2, 0.25) is 0 Å². The summed E-state index contributed by atoms with van der Waals surface area (Å²) in [6.07, 6.45) is 0.215. The van der Waals surface area contributed by atoms with Gasteiger partial charge in [-0.2, -0.15) is 18.2 Å². The van der Waals surface area contributed by atoms with Crippen LogP contribution in [-0.2, 0) is 27.6 Å². The lowest BCUT2D eigenvalue weighted by Gasteiger charge is -2.34. The largest absolute Gasteiger partial charge is 0.492 e. The number of rotatable bonds is 6. The van der Waals surface area contributed by atoms with Gasteiger partial charge >= 0.3 is 12.3 Å². The minimum atomic E-state index is -4.65. The Morgan fingerprint density at radius 3 is 2.47 bits per heavy atom. The molecule has 0 N–H and O–H groups in total. The third kappa shape index (κ3) is 9.07. The molecule has 43 heavy (non-hydrogen) atoms. The molecular formula is C31H42F3N3O5S. The van der Waals surface area contributed by atoms with Gasteiger partial charge in [0.1, 0.15) is 11.4 Å². The molecule has 3 heterocycles. The molecule has 0 unspecified atom stereocenters. The second-order valence-corrected chi connectivity index (χ2v) is 14.3. The number of carbonyl (C=O) groups is 2. The van der Waals surface area contributed by atoms with Crippen LogP contribution in [0, 0.1) is 5.92 Å². The molecule has 0 bridgehead atoms. The number of aromatic nitrogens is 1. The Kier molecular flexibility index (Phi) is 10.0. The predicted molar refractivity (Wildman–Crippen MR) is 157 cm³/mol. The van der Waals surface area contributed by atoms with Crippen molar-refractivity contribution in [3.63, 3.8) is 0 Å². The highest BCUT2D eigenvalue weighted by Gasteiger charge is 2.33. The van der Waals surface area contributed by atoms with E-state index in [0.717, 1.165) is 42.7 Å². The van der Waals surface area contributed by atoms with Gasteiger partial charge in [-0.05, 0) is 70.1 Å². The van der Waals surface area contributed by atoms with Crippen LogP contribution in [0.2, 0.25) is 0 Å². The lowest BCUT2D eigenvalue weighted by molar-refractivity contribution is -0.137. The zero-order valence-corrected chi connectivity index (χ0v) is 26.6. The molecule has 4 rings (SSSR count). The average molecular weight is 626 g/mol. The lowest BCUT2D eigenvalue weighted by Crippen LogP contribution is -2.44. The number of likely N-dealkylation sites (tertiary alicyclic amines) is 1. The molecule has 0 radical (unpaired) electrons. The first-order chi connectivity index (χ1) is 20.0. The summed E-state index contributed by atoms with van der Waals surface area (Å²) in [6.45, 7) is 13.8. The molecule has 2 atom stereocenters. The average Bonchev–Trinajstić information content (AvgIpc) is 3.56. The van der Waals surface area contributed by atoms with Crippen LogP contribution in [0.15, 0.2) is 29.4 Å². The summed E-state index contributed by atoms with van der Waals surface area (Å²) in [5, 5.41) is 0. The number of carbonyl (C=O) groups excluding carboxylic acids is 2. The van der Waals surface area contributed by atoms with Gasteiger partial charge in [0.15, 0.2) is 4.80 Å². The molecule has 8 nitrogen and oxygen atoms in total. The van der Waals surface area contributed by atoms with E-state index in [1.165, 1.54) is 17.4 Å². The van der Waals surface area contributed by atoms with E-state index in [-0.39, 0.29) is 35.4 Å². The Hall–Kier alpha value is -2.86. The van der Waals surface area contributed by atoms with E-state index in [1.807, 2.05) is 10.8 Å². The summed E-state index contributed by atoms with van der Waals surface area (Å²) in [5.74, 6) is -0.874. The normalized spacial score (nSPS) is 20.4. The molecule has 2 amide bonds. The van der Waals surface area contributed by atoms with Gasteiger partial charge in [0.05, 0.1) is 30.4 Å². The topological polar surface area (TPSA) is 82.4 Å². The van der Waals surface area contributed by atoms with E-state index in [0.29, 0.717) is 31.0 Å². The first-order valence-corrected chi connectivity index (χ1v) is 15.5. The number of benzene rings is 1. The molecular weight excluding hydrogens is 583 g/mol. The first kappa shape index (κ1) is 33.0.